The zero-order valence-corrected chi connectivity index (χ0v) is 10.8. The molecule has 0 saturated carbocycles. The van der Waals surface area contributed by atoms with Crippen LogP contribution in [0.1, 0.15) is 26.3 Å². The van der Waals surface area contributed by atoms with E-state index in [1.54, 1.807) is 6.92 Å². The van der Waals surface area contributed by atoms with Gasteiger partial charge in [0, 0.05) is 16.8 Å². The summed E-state index contributed by atoms with van der Waals surface area (Å²) in [5.74, 6) is -1.24. The number of benzene rings is 2. The van der Waals surface area contributed by atoms with Crippen molar-refractivity contribution >= 4 is 17.5 Å². The first-order valence-corrected chi connectivity index (χ1v) is 5.95. The molecular weight excluding hydrogens is 259 g/mol. The van der Waals surface area contributed by atoms with E-state index in [9.17, 15) is 14.0 Å². The van der Waals surface area contributed by atoms with Crippen LogP contribution in [0.5, 0.6) is 0 Å². The first kappa shape index (κ1) is 13.7. The van der Waals surface area contributed by atoms with Gasteiger partial charge in [-0.05, 0) is 55.0 Å². The monoisotopic (exact) mass is 272 g/mol. The Balaban J connectivity index is 2.17. The van der Waals surface area contributed by atoms with Crippen LogP contribution in [0, 0.1) is 12.7 Å². The normalized spacial score (nSPS) is 10.1. The van der Waals surface area contributed by atoms with Crippen molar-refractivity contribution in [3.8, 4) is 0 Å². The molecule has 0 spiro atoms. The summed E-state index contributed by atoms with van der Waals surface area (Å²) in [6.45, 7) is 1.70. The van der Waals surface area contributed by atoms with Crippen molar-refractivity contribution in [2.24, 2.45) is 5.73 Å². The van der Waals surface area contributed by atoms with E-state index in [1.807, 2.05) is 0 Å². The minimum absolute atomic E-state index is 0.333. The van der Waals surface area contributed by atoms with Gasteiger partial charge >= 0.3 is 0 Å². The lowest BCUT2D eigenvalue weighted by atomic mass is 10.1. The van der Waals surface area contributed by atoms with Gasteiger partial charge in [-0.15, -0.1) is 0 Å². The predicted octanol–water partition coefficient (Wildman–Crippen LogP) is 2.49. The molecule has 102 valence electrons. The Morgan fingerprint density at radius 1 is 1.05 bits per heavy atom. The molecule has 0 aliphatic heterocycles. The minimum Gasteiger partial charge on any atom is -0.366 e. The fourth-order valence-electron chi connectivity index (χ4n) is 1.75. The van der Waals surface area contributed by atoms with E-state index in [2.05, 4.69) is 5.32 Å². The topological polar surface area (TPSA) is 72.2 Å². The summed E-state index contributed by atoms with van der Waals surface area (Å²) in [7, 11) is 0. The van der Waals surface area contributed by atoms with Crippen LogP contribution in [0.25, 0.3) is 0 Å². The maximum Gasteiger partial charge on any atom is 0.255 e. The molecule has 0 aromatic heterocycles. The average molecular weight is 272 g/mol. The van der Waals surface area contributed by atoms with E-state index >= 15 is 0 Å². The number of anilines is 1. The molecule has 0 aliphatic rings. The number of carbonyl (C=O) groups is 2. The number of primary amides is 1. The molecule has 0 bridgehead atoms. The summed E-state index contributed by atoms with van der Waals surface area (Å²) in [4.78, 5) is 22.9. The number of carbonyl (C=O) groups excluding carboxylic acids is 2. The van der Waals surface area contributed by atoms with Gasteiger partial charge in [-0.3, -0.25) is 9.59 Å². The Labute approximate surface area is 115 Å². The quantitative estimate of drug-likeness (QED) is 0.901. The third kappa shape index (κ3) is 3.00. The molecule has 0 fully saturated rings. The maximum absolute atomic E-state index is 13.0. The summed E-state index contributed by atoms with van der Waals surface area (Å²) in [6, 6.07) is 10.1. The number of rotatable bonds is 3. The Morgan fingerprint density at radius 2 is 1.65 bits per heavy atom. The summed E-state index contributed by atoms with van der Waals surface area (Å²) in [5.41, 5.74) is 7.01. The number of aryl methyl sites for hydroxylation is 1. The number of hydrogen-bond acceptors (Lipinski definition) is 2. The van der Waals surface area contributed by atoms with Gasteiger partial charge in [0.1, 0.15) is 5.82 Å². The molecule has 0 heterocycles. The summed E-state index contributed by atoms with van der Waals surface area (Å²) < 4.78 is 13.0. The van der Waals surface area contributed by atoms with Gasteiger partial charge in [-0.2, -0.15) is 0 Å². The fraction of sp³-hybridized carbons (Fsp3) is 0.0667. The summed E-state index contributed by atoms with van der Waals surface area (Å²) >= 11 is 0. The SMILES string of the molecule is Cc1cc(F)ccc1NC(=O)c1ccc(C(N)=O)cc1. The van der Waals surface area contributed by atoms with E-state index in [0.717, 1.165) is 0 Å². The second-order valence-electron chi connectivity index (χ2n) is 4.35. The number of halogens is 1. The molecule has 2 rings (SSSR count). The van der Waals surface area contributed by atoms with Crippen LogP contribution in [-0.4, -0.2) is 11.8 Å². The molecule has 2 aromatic carbocycles. The minimum atomic E-state index is -0.550. The van der Waals surface area contributed by atoms with Gasteiger partial charge in [0.2, 0.25) is 5.91 Å². The summed E-state index contributed by atoms with van der Waals surface area (Å²) in [6.07, 6.45) is 0. The van der Waals surface area contributed by atoms with Gasteiger partial charge in [0.05, 0.1) is 0 Å². The molecule has 3 N–H and O–H groups in total. The molecule has 2 aromatic rings. The standard InChI is InChI=1S/C15H13FN2O2/c1-9-8-12(16)6-7-13(9)18-15(20)11-4-2-10(3-5-11)14(17)19/h2-8H,1H3,(H2,17,19)(H,18,20). The van der Waals surface area contributed by atoms with E-state index in [-0.39, 0.29) is 11.7 Å². The van der Waals surface area contributed by atoms with Gasteiger partial charge in [-0.25, -0.2) is 4.39 Å². The van der Waals surface area contributed by atoms with E-state index < -0.39 is 5.91 Å². The summed E-state index contributed by atoms with van der Waals surface area (Å²) in [5, 5.41) is 2.68. The van der Waals surface area contributed by atoms with Crippen molar-refractivity contribution in [2.45, 2.75) is 6.92 Å². The van der Waals surface area contributed by atoms with E-state index in [0.29, 0.717) is 22.4 Å². The highest BCUT2D eigenvalue weighted by Crippen LogP contribution is 2.17. The molecule has 5 heteroatoms. The highest BCUT2D eigenvalue weighted by Gasteiger charge is 2.09. The first-order valence-electron chi connectivity index (χ1n) is 5.95. The van der Waals surface area contributed by atoms with Gasteiger partial charge in [0.15, 0.2) is 0 Å². The Morgan fingerprint density at radius 3 is 2.20 bits per heavy atom. The molecule has 2 amide bonds. The highest BCUT2D eigenvalue weighted by molar-refractivity contribution is 6.05. The highest BCUT2D eigenvalue weighted by atomic mass is 19.1. The molecule has 0 radical (unpaired) electrons. The average Bonchev–Trinajstić information content (AvgIpc) is 2.42. The largest absolute Gasteiger partial charge is 0.366 e. The third-order valence-electron chi connectivity index (χ3n) is 2.87. The zero-order chi connectivity index (χ0) is 14.7. The zero-order valence-electron chi connectivity index (χ0n) is 10.8. The lowest BCUT2D eigenvalue weighted by Crippen LogP contribution is -2.14. The molecule has 0 atom stereocenters. The first-order chi connectivity index (χ1) is 9.47. The van der Waals surface area contributed by atoms with Gasteiger partial charge in [0.25, 0.3) is 5.91 Å². The van der Waals surface area contributed by atoms with Gasteiger partial charge in [-0.1, -0.05) is 0 Å². The molecule has 0 saturated heterocycles. The molecule has 0 unspecified atom stereocenters. The Kier molecular flexibility index (Phi) is 3.79. The Bertz CT molecular complexity index is 666. The molecular formula is C15H13FN2O2. The Hall–Kier alpha value is -2.69. The number of hydrogen-bond donors (Lipinski definition) is 2. The van der Waals surface area contributed by atoms with Crippen molar-refractivity contribution in [2.75, 3.05) is 5.32 Å². The van der Waals surface area contributed by atoms with E-state index in [4.69, 9.17) is 5.73 Å². The van der Waals surface area contributed by atoms with Crippen molar-refractivity contribution in [3.63, 3.8) is 0 Å². The predicted molar refractivity (Wildman–Crippen MR) is 74.1 cm³/mol. The van der Waals surface area contributed by atoms with Crippen molar-refractivity contribution in [1.29, 1.82) is 0 Å². The van der Waals surface area contributed by atoms with Crippen LogP contribution >= 0.6 is 0 Å². The molecule has 20 heavy (non-hydrogen) atoms. The van der Waals surface area contributed by atoms with Crippen molar-refractivity contribution < 1.29 is 14.0 Å². The smallest absolute Gasteiger partial charge is 0.255 e. The lowest BCUT2D eigenvalue weighted by molar-refractivity contribution is 0.0995. The van der Waals surface area contributed by atoms with Crippen molar-refractivity contribution in [3.05, 3.63) is 65.0 Å². The van der Waals surface area contributed by atoms with Crippen LogP contribution < -0.4 is 11.1 Å². The number of amides is 2. The number of nitrogens with two attached hydrogens (primary N) is 1. The van der Waals surface area contributed by atoms with Crippen LogP contribution in [0.15, 0.2) is 42.5 Å². The van der Waals surface area contributed by atoms with Crippen LogP contribution in [0.3, 0.4) is 0 Å². The van der Waals surface area contributed by atoms with Crippen LogP contribution in [0.2, 0.25) is 0 Å². The number of nitrogens with one attached hydrogen (secondary N) is 1. The third-order valence-corrected chi connectivity index (χ3v) is 2.87. The lowest BCUT2D eigenvalue weighted by Gasteiger charge is -2.08. The van der Waals surface area contributed by atoms with Crippen molar-refractivity contribution in [1.82, 2.24) is 0 Å². The van der Waals surface area contributed by atoms with Gasteiger partial charge < -0.3 is 11.1 Å². The second kappa shape index (κ2) is 5.52. The van der Waals surface area contributed by atoms with E-state index in [1.165, 1.54) is 42.5 Å². The maximum atomic E-state index is 13.0. The van der Waals surface area contributed by atoms with Crippen LogP contribution in [0.4, 0.5) is 10.1 Å². The fourth-order valence-corrected chi connectivity index (χ4v) is 1.75. The van der Waals surface area contributed by atoms with Crippen LogP contribution in [-0.2, 0) is 0 Å². The second-order valence-corrected chi connectivity index (χ2v) is 4.35. The molecule has 0 aliphatic carbocycles. The molecule has 4 nitrogen and oxygen atoms in total.